The van der Waals surface area contributed by atoms with Gasteiger partial charge in [0.05, 0.1) is 0 Å². The first-order chi connectivity index (χ1) is 12.3. The van der Waals surface area contributed by atoms with Gasteiger partial charge in [-0.3, -0.25) is 0 Å². The normalized spacial score (nSPS) is 17.0. The number of benzene rings is 3. The molecule has 25 heavy (non-hydrogen) atoms. The van der Waals surface area contributed by atoms with Gasteiger partial charge in [0, 0.05) is 5.92 Å². The highest BCUT2D eigenvalue weighted by Gasteiger charge is 2.35. The second kappa shape index (κ2) is 4.73. The Kier molecular flexibility index (Phi) is 2.58. The summed E-state index contributed by atoms with van der Waals surface area (Å²) >= 11 is 0. The van der Waals surface area contributed by atoms with E-state index in [9.17, 15) is 0 Å². The van der Waals surface area contributed by atoms with Crippen LogP contribution in [0.15, 0.2) is 66.2 Å². The van der Waals surface area contributed by atoms with Crippen LogP contribution in [0, 0.1) is 0 Å². The molecular weight excluding hydrogens is 300 g/mol. The van der Waals surface area contributed by atoms with Crippen molar-refractivity contribution in [2.45, 2.75) is 32.1 Å². The molecule has 0 radical (unpaired) electrons. The zero-order valence-corrected chi connectivity index (χ0v) is 14.5. The fraction of sp³-hybridized carbons (Fsp3) is 0.200. The van der Waals surface area contributed by atoms with Crippen molar-refractivity contribution in [3.63, 3.8) is 0 Å². The molecule has 0 atom stereocenters. The van der Waals surface area contributed by atoms with Crippen LogP contribution in [0.4, 0.5) is 0 Å². The molecular formula is C25H20. The molecule has 0 fully saturated rings. The molecule has 0 unspecified atom stereocenters. The van der Waals surface area contributed by atoms with E-state index < -0.39 is 0 Å². The highest BCUT2D eigenvalue weighted by atomic mass is 14.4. The first-order valence-corrected chi connectivity index (χ1v) is 9.35. The van der Waals surface area contributed by atoms with Gasteiger partial charge in [-0.15, -0.1) is 0 Å². The summed E-state index contributed by atoms with van der Waals surface area (Å²) in [5.74, 6) is 0.396. The van der Waals surface area contributed by atoms with Crippen LogP contribution in [0.2, 0.25) is 0 Å². The molecule has 3 aliphatic rings. The van der Waals surface area contributed by atoms with E-state index in [1.54, 1.807) is 33.4 Å². The van der Waals surface area contributed by atoms with Gasteiger partial charge in [0.25, 0.3) is 0 Å². The number of allylic oxidation sites excluding steroid dienone is 2. The molecule has 0 nitrogen and oxygen atoms in total. The molecule has 6 rings (SSSR count). The standard InChI is InChI=1S/C25H20/c1-15-14-16-10-11-23(22-13-12-17(15)24(16)22)25-20-8-4-2-6-18(20)19-7-3-5-9-21(19)25/h2-11,25H,12-14H2,1H3. The predicted octanol–water partition coefficient (Wildman–Crippen LogP) is 6.12. The summed E-state index contributed by atoms with van der Waals surface area (Å²) in [5, 5.41) is 0. The van der Waals surface area contributed by atoms with E-state index in [2.05, 4.69) is 67.6 Å². The van der Waals surface area contributed by atoms with Gasteiger partial charge in [0.1, 0.15) is 0 Å². The lowest BCUT2D eigenvalue weighted by Gasteiger charge is -2.19. The molecule has 0 bridgehead atoms. The summed E-state index contributed by atoms with van der Waals surface area (Å²) in [5.41, 5.74) is 15.4. The Morgan fingerprint density at radius 3 is 2.12 bits per heavy atom. The van der Waals surface area contributed by atoms with Gasteiger partial charge in [-0.2, -0.15) is 0 Å². The van der Waals surface area contributed by atoms with Crippen molar-refractivity contribution < 1.29 is 0 Å². The molecule has 3 aromatic rings. The summed E-state index contributed by atoms with van der Waals surface area (Å²) in [6.07, 6.45) is 3.61. The predicted molar refractivity (Wildman–Crippen MR) is 104 cm³/mol. The molecule has 0 saturated carbocycles. The number of rotatable bonds is 1. The van der Waals surface area contributed by atoms with Crippen molar-refractivity contribution in [1.29, 1.82) is 0 Å². The Labute approximate surface area is 148 Å². The van der Waals surface area contributed by atoms with E-state index in [-0.39, 0.29) is 0 Å². The van der Waals surface area contributed by atoms with Crippen LogP contribution in [0.25, 0.3) is 16.7 Å². The molecule has 0 saturated heterocycles. The molecule has 0 N–H and O–H groups in total. The smallest absolute Gasteiger partial charge is 0.0355 e. The summed E-state index contributed by atoms with van der Waals surface area (Å²) in [4.78, 5) is 0. The number of fused-ring (bicyclic) bond motifs is 3. The zero-order valence-electron chi connectivity index (χ0n) is 14.5. The largest absolute Gasteiger partial charge is 0.0651 e. The van der Waals surface area contributed by atoms with E-state index >= 15 is 0 Å². The lowest BCUT2D eigenvalue weighted by atomic mass is 9.84. The SMILES string of the molecule is CC1=C2CCc3c(C4c5ccccc5-c5ccccc54)ccc(c32)C1. The van der Waals surface area contributed by atoms with Gasteiger partial charge in [-0.25, -0.2) is 0 Å². The van der Waals surface area contributed by atoms with Crippen LogP contribution in [-0.2, 0) is 12.8 Å². The maximum atomic E-state index is 2.43. The minimum Gasteiger partial charge on any atom is -0.0651 e. The van der Waals surface area contributed by atoms with Crippen LogP contribution in [0.1, 0.15) is 52.6 Å². The van der Waals surface area contributed by atoms with E-state index in [4.69, 9.17) is 0 Å². The van der Waals surface area contributed by atoms with Gasteiger partial charge >= 0.3 is 0 Å². The molecule has 0 heterocycles. The second-order valence-corrected chi connectivity index (χ2v) is 7.71. The van der Waals surface area contributed by atoms with Crippen LogP contribution < -0.4 is 0 Å². The quantitative estimate of drug-likeness (QED) is 0.396. The lowest BCUT2D eigenvalue weighted by Crippen LogP contribution is -2.04. The third kappa shape index (κ3) is 1.67. The van der Waals surface area contributed by atoms with Crippen LogP contribution in [0.3, 0.4) is 0 Å². The molecule has 0 aliphatic heterocycles. The van der Waals surface area contributed by atoms with E-state index in [1.807, 2.05) is 0 Å². The highest BCUT2D eigenvalue weighted by Crippen LogP contribution is 2.52. The summed E-state index contributed by atoms with van der Waals surface area (Å²) in [7, 11) is 0. The van der Waals surface area contributed by atoms with Crippen LogP contribution >= 0.6 is 0 Å². The number of hydrogen-bond donors (Lipinski definition) is 0. The first-order valence-electron chi connectivity index (χ1n) is 9.35. The molecule has 3 aliphatic carbocycles. The van der Waals surface area contributed by atoms with Crippen molar-refractivity contribution in [2.75, 3.05) is 0 Å². The van der Waals surface area contributed by atoms with E-state index in [0.717, 1.165) is 6.42 Å². The maximum Gasteiger partial charge on any atom is 0.0355 e. The molecule has 120 valence electrons. The van der Waals surface area contributed by atoms with E-state index in [0.29, 0.717) is 5.92 Å². The Morgan fingerprint density at radius 1 is 0.720 bits per heavy atom. The lowest BCUT2D eigenvalue weighted by molar-refractivity contribution is 0.950. The van der Waals surface area contributed by atoms with Gasteiger partial charge in [-0.1, -0.05) is 66.2 Å². The zero-order chi connectivity index (χ0) is 16.5. The minimum atomic E-state index is 0.396. The molecule has 0 amide bonds. The summed E-state index contributed by atoms with van der Waals surface area (Å²) < 4.78 is 0. The third-order valence-corrected chi connectivity index (χ3v) is 6.48. The first kappa shape index (κ1) is 13.7. The molecule has 0 aromatic heterocycles. The second-order valence-electron chi connectivity index (χ2n) is 7.71. The fourth-order valence-electron chi connectivity index (χ4n) is 5.46. The Balaban J connectivity index is 1.65. The van der Waals surface area contributed by atoms with Crippen molar-refractivity contribution >= 4 is 5.57 Å². The Morgan fingerprint density at radius 2 is 1.40 bits per heavy atom. The average molecular weight is 320 g/mol. The minimum absolute atomic E-state index is 0.396. The van der Waals surface area contributed by atoms with Crippen molar-refractivity contribution in [1.82, 2.24) is 0 Å². The monoisotopic (exact) mass is 320 g/mol. The van der Waals surface area contributed by atoms with Crippen LogP contribution in [-0.4, -0.2) is 0 Å². The highest BCUT2D eigenvalue weighted by molar-refractivity contribution is 5.85. The molecule has 0 spiro atoms. The topological polar surface area (TPSA) is 0 Å². The molecule has 0 heteroatoms. The summed E-state index contributed by atoms with van der Waals surface area (Å²) in [6.45, 7) is 2.32. The van der Waals surface area contributed by atoms with Crippen molar-refractivity contribution in [3.05, 3.63) is 99.6 Å². The maximum absolute atomic E-state index is 2.43. The van der Waals surface area contributed by atoms with Gasteiger partial charge in [-0.05, 0) is 76.3 Å². The van der Waals surface area contributed by atoms with Crippen molar-refractivity contribution in [2.24, 2.45) is 0 Å². The fourth-order valence-corrected chi connectivity index (χ4v) is 5.46. The van der Waals surface area contributed by atoms with Gasteiger partial charge < -0.3 is 0 Å². The third-order valence-electron chi connectivity index (χ3n) is 6.48. The van der Waals surface area contributed by atoms with E-state index in [1.165, 1.54) is 35.1 Å². The van der Waals surface area contributed by atoms with Crippen molar-refractivity contribution in [3.8, 4) is 11.1 Å². The van der Waals surface area contributed by atoms with Gasteiger partial charge in [0.2, 0.25) is 0 Å². The Hall–Kier alpha value is -2.60. The number of hydrogen-bond acceptors (Lipinski definition) is 0. The average Bonchev–Trinajstić information content (AvgIpc) is 3.31. The van der Waals surface area contributed by atoms with Gasteiger partial charge in [0.15, 0.2) is 0 Å². The van der Waals surface area contributed by atoms with Crippen LogP contribution in [0.5, 0.6) is 0 Å². The Bertz CT molecular complexity index is 1040. The summed E-state index contributed by atoms with van der Waals surface area (Å²) in [6, 6.07) is 22.8. The molecule has 3 aromatic carbocycles.